The fourth-order valence-electron chi connectivity index (χ4n) is 6.41. The van der Waals surface area contributed by atoms with Crippen LogP contribution < -0.4 is 0 Å². The van der Waals surface area contributed by atoms with Gasteiger partial charge < -0.3 is 0 Å². The minimum atomic E-state index is -4.14. The lowest BCUT2D eigenvalue weighted by molar-refractivity contribution is -0.192. The summed E-state index contributed by atoms with van der Waals surface area (Å²) in [5, 5.41) is 0. The van der Waals surface area contributed by atoms with Crippen molar-refractivity contribution in [2.45, 2.75) is 135 Å². The molecule has 0 spiro atoms. The molecule has 0 aliphatic heterocycles. The summed E-state index contributed by atoms with van der Waals surface area (Å²) in [4.78, 5) is -16.5. The van der Waals surface area contributed by atoms with E-state index in [4.69, 9.17) is 0 Å². The molecule has 4 aliphatic carbocycles. The van der Waals surface area contributed by atoms with Crippen molar-refractivity contribution in [1.82, 2.24) is 0 Å². The Morgan fingerprint density at radius 3 is 1.34 bits per heavy atom. The summed E-state index contributed by atoms with van der Waals surface area (Å²) in [5.74, 6) is -21.6. The highest BCUT2D eigenvalue weighted by molar-refractivity contribution is 9.10. The molecular formula is C36H44Br4F16. The minimum absolute atomic E-state index is 0.0220. The topological polar surface area (TPSA) is 0 Å². The van der Waals surface area contributed by atoms with Crippen LogP contribution in [0, 0.1) is 35.5 Å². The zero-order valence-electron chi connectivity index (χ0n) is 30.6. The Bertz CT molecular complexity index is 1350. The molecule has 328 valence electrons. The van der Waals surface area contributed by atoms with Gasteiger partial charge in [-0.1, -0.05) is 61.4 Å². The Balaban J connectivity index is 0.000000374. The van der Waals surface area contributed by atoms with Crippen molar-refractivity contribution in [2.24, 2.45) is 35.5 Å². The maximum atomic E-state index is 13.4. The van der Waals surface area contributed by atoms with Gasteiger partial charge in [0.05, 0.1) is 0 Å². The lowest BCUT2D eigenvalue weighted by atomic mass is 9.77. The van der Waals surface area contributed by atoms with E-state index in [0.717, 1.165) is 11.1 Å². The van der Waals surface area contributed by atoms with E-state index in [1.165, 1.54) is 6.08 Å². The van der Waals surface area contributed by atoms with Crippen LogP contribution in [0.15, 0.2) is 47.6 Å². The first-order valence-corrected chi connectivity index (χ1v) is 20.6. The Morgan fingerprint density at radius 2 is 0.946 bits per heavy atom. The number of halogens is 20. The van der Waals surface area contributed by atoms with Gasteiger partial charge in [-0.3, -0.25) is 0 Å². The van der Waals surface area contributed by atoms with Gasteiger partial charge in [-0.2, -0.15) is 70.2 Å². The highest BCUT2D eigenvalue weighted by atomic mass is 79.9. The standard InChI is InChI=1S/C10H13BrF4.2C9H11BrF4.C8H9BrF4/c1-6-3-4-7(2)8(5-6)9(12,13)10(11,14)15;1-6-2-4-7(5-3-6)8(11,12)9(10,13)14;1-6-3-2-4-7(5-6)8(11,12)9(10,13)14;9-8(12,13)7(10,11)6-4-2-1-3-5-6/h3-4,6-8H,5H2,1-2H3;2,7H,3-5H2,1H3;3,7H,2,4-5H2,1H3;1-2,6H,3-5H2. The third kappa shape index (κ3) is 14.7. The van der Waals surface area contributed by atoms with Gasteiger partial charge in [0.15, 0.2) is 0 Å². The van der Waals surface area contributed by atoms with Gasteiger partial charge in [-0.25, -0.2) is 0 Å². The van der Waals surface area contributed by atoms with Crippen LogP contribution in [0.1, 0.15) is 91.9 Å². The Hall–Kier alpha value is -0.240. The van der Waals surface area contributed by atoms with Gasteiger partial charge >= 0.3 is 43.0 Å². The van der Waals surface area contributed by atoms with Crippen LogP contribution in [0.4, 0.5) is 70.2 Å². The third-order valence-corrected chi connectivity index (χ3v) is 12.1. The van der Waals surface area contributed by atoms with E-state index in [1.54, 1.807) is 109 Å². The molecule has 0 fully saturated rings. The lowest BCUT2D eigenvalue weighted by Gasteiger charge is -2.36. The molecule has 0 saturated carbocycles. The second-order valence-electron chi connectivity index (χ2n) is 14.6. The summed E-state index contributed by atoms with van der Waals surface area (Å²) in [5.41, 5.74) is 1.76. The smallest absolute Gasteiger partial charge is 0.198 e. The van der Waals surface area contributed by atoms with E-state index in [2.05, 4.69) is 0 Å². The van der Waals surface area contributed by atoms with Crippen molar-refractivity contribution in [3.05, 3.63) is 47.6 Å². The molecule has 20 heteroatoms. The summed E-state index contributed by atoms with van der Waals surface area (Å²) >= 11 is 7.00. The zero-order chi connectivity index (χ0) is 43.9. The van der Waals surface area contributed by atoms with Crippen molar-refractivity contribution in [1.29, 1.82) is 0 Å². The summed E-state index contributed by atoms with van der Waals surface area (Å²) < 4.78 is 206. The van der Waals surface area contributed by atoms with Gasteiger partial charge in [-0.05, 0) is 154 Å². The Kier molecular flexibility index (Phi) is 19.7. The fourth-order valence-corrected chi connectivity index (χ4v) is 7.67. The molecule has 0 nitrogen and oxygen atoms in total. The maximum Gasteiger partial charge on any atom is 0.363 e. The summed E-state index contributed by atoms with van der Waals surface area (Å²) in [7, 11) is 0. The van der Waals surface area contributed by atoms with Gasteiger partial charge in [0.1, 0.15) is 0 Å². The molecule has 0 heterocycles. The summed E-state index contributed by atoms with van der Waals surface area (Å²) in [6, 6.07) is 0. The fraction of sp³-hybridized carbons (Fsp3) is 0.778. The highest BCUT2D eigenvalue weighted by Crippen LogP contribution is 2.52. The monoisotopic (exact) mass is 1100 g/mol. The average molecular weight is 1100 g/mol. The normalized spacial score (nSPS) is 27.0. The van der Waals surface area contributed by atoms with Crippen LogP contribution in [0.3, 0.4) is 0 Å². The molecule has 0 amide bonds. The lowest BCUT2D eigenvalue weighted by Crippen LogP contribution is -2.46. The van der Waals surface area contributed by atoms with Crippen molar-refractivity contribution >= 4 is 63.7 Å². The first kappa shape index (κ1) is 53.8. The van der Waals surface area contributed by atoms with Crippen molar-refractivity contribution in [2.75, 3.05) is 0 Å². The molecule has 0 N–H and O–H groups in total. The van der Waals surface area contributed by atoms with Crippen LogP contribution >= 0.6 is 63.7 Å². The van der Waals surface area contributed by atoms with Crippen molar-refractivity contribution < 1.29 is 70.2 Å². The van der Waals surface area contributed by atoms with Crippen molar-refractivity contribution in [3.8, 4) is 0 Å². The second kappa shape index (κ2) is 20.5. The highest BCUT2D eigenvalue weighted by Gasteiger charge is 2.62. The molecule has 6 atom stereocenters. The SMILES string of the molecule is CC1=CCC(C(F)(F)C(F)(F)Br)CC1.CC1=CCCC(C(F)(F)C(F)(F)Br)C1.CC1C=CC(C)C(C(F)(F)C(F)(F)Br)C1.FC(F)(Br)C(F)(F)C1CC=CCC1. The maximum absolute atomic E-state index is 13.4. The van der Waals surface area contributed by atoms with Gasteiger partial charge in [0.25, 0.3) is 0 Å². The third-order valence-electron chi connectivity index (χ3n) is 10.0. The van der Waals surface area contributed by atoms with E-state index in [-0.39, 0.29) is 50.9 Å². The first-order chi connectivity index (χ1) is 25.0. The van der Waals surface area contributed by atoms with E-state index in [1.807, 2.05) is 13.0 Å². The minimum Gasteiger partial charge on any atom is -0.198 e. The molecule has 0 bridgehead atoms. The second-order valence-corrected chi connectivity index (χ2v) is 18.6. The molecule has 4 aliphatic rings. The predicted octanol–water partition coefficient (Wildman–Crippen LogP) is 17.1. The molecule has 0 saturated heterocycles. The molecule has 0 radical (unpaired) electrons. The Labute approximate surface area is 350 Å². The number of hydrogen-bond donors (Lipinski definition) is 0. The van der Waals surface area contributed by atoms with Crippen LogP contribution in [-0.2, 0) is 0 Å². The Morgan fingerprint density at radius 1 is 0.500 bits per heavy atom. The molecule has 0 aromatic heterocycles. The number of rotatable bonds is 8. The molecule has 4 rings (SSSR count). The van der Waals surface area contributed by atoms with E-state index >= 15 is 0 Å². The van der Waals surface area contributed by atoms with Crippen LogP contribution in [-0.4, -0.2) is 43.0 Å². The first-order valence-electron chi connectivity index (χ1n) is 17.4. The molecule has 6 unspecified atom stereocenters. The molecule has 56 heavy (non-hydrogen) atoms. The van der Waals surface area contributed by atoms with E-state index in [0.29, 0.717) is 19.3 Å². The summed E-state index contributed by atoms with van der Waals surface area (Å²) in [6.45, 7) is 6.80. The molecule has 0 aromatic carbocycles. The van der Waals surface area contributed by atoms with E-state index in [9.17, 15) is 70.2 Å². The van der Waals surface area contributed by atoms with Crippen LogP contribution in [0.5, 0.6) is 0 Å². The van der Waals surface area contributed by atoms with E-state index < -0.39 is 72.6 Å². The molecular weight excluding hydrogens is 1060 g/mol. The van der Waals surface area contributed by atoms with Gasteiger partial charge in [0.2, 0.25) is 0 Å². The number of hydrogen-bond acceptors (Lipinski definition) is 0. The number of alkyl halides is 20. The van der Waals surface area contributed by atoms with Crippen molar-refractivity contribution in [3.63, 3.8) is 0 Å². The van der Waals surface area contributed by atoms with Gasteiger partial charge in [0, 0.05) is 23.7 Å². The summed E-state index contributed by atoms with van der Waals surface area (Å²) in [6.07, 6.45) is 12.0. The molecule has 0 aromatic rings. The average Bonchev–Trinajstić information content (AvgIpc) is 3.05. The number of allylic oxidation sites excluding steroid dienone is 8. The van der Waals surface area contributed by atoms with Crippen LogP contribution in [0.2, 0.25) is 0 Å². The largest absolute Gasteiger partial charge is 0.363 e. The zero-order valence-corrected chi connectivity index (χ0v) is 36.9. The predicted molar refractivity (Wildman–Crippen MR) is 200 cm³/mol. The quantitative estimate of drug-likeness (QED) is 0.129. The van der Waals surface area contributed by atoms with Crippen LogP contribution in [0.25, 0.3) is 0 Å². The van der Waals surface area contributed by atoms with Gasteiger partial charge in [-0.15, -0.1) is 0 Å².